The van der Waals surface area contributed by atoms with E-state index in [1.807, 2.05) is 0 Å². The summed E-state index contributed by atoms with van der Waals surface area (Å²) in [5.74, 6) is 4.13. The summed E-state index contributed by atoms with van der Waals surface area (Å²) in [5.41, 5.74) is 0.337. The fraction of sp³-hybridized carbons (Fsp3) is 0.967. The summed E-state index contributed by atoms with van der Waals surface area (Å²) < 4.78 is 23.8. The number of nitrogens with zero attached hydrogens (tertiary/aromatic N) is 1. The van der Waals surface area contributed by atoms with Gasteiger partial charge in [0.1, 0.15) is 6.79 Å². The molecule has 0 spiro atoms. The van der Waals surface area contributed by atoms with Gasteiger partial charge in [0.2, 0.25) is 0 Å². The molecule has 1 heterocycles. The summed E-state index contributed by atoms with van der Waals surface area (Å²) in [6, 6.07) is 0. The van der Waals surface area contributed by atoms with Gasteiger partial charge >= 0.3 is 5.97 Å². The fourth-order valence-corrected chi connectivity index (χ4v) is 11.1. The topological polar surface area (TPSA) is 57.2 Å². The molecule has 0 N–H and O–H groups in total. The van der Waals surface area contributed by atoms with E-state index in [1.165, 1.54) is 57.8 Å². The van der Waals surface area contributed by atoms with E-state index in [2.05, 4.69) is 4.90 Å². The summed E-state index contributed by atoms with van der Waals surface area (Å²) in [4.78, 5) is 16.0. The number of morpholine rings is 1. The maximum atomic E-state index is 13.6. The van der Waals surface area contributed by atoms with Crippen LogP contribution in [0.25, 0.3) is 0 Å². The number of carbonyl (C=O) groups is 1. The van der Waals surface area contributed by atoms with Gasteiger partial charge in [0.05, 0.1) is 38.4 Å². The van der Waals surface area contributed by atoms with Crippen molar-refractivity contribution in [3.63, 3.8) is 0 Å². The van der Waals surface area contributed by atoms with E-state index in [0.29, 0.717) is 13.4 Å². The van der Waals surface area contributed by atoms with Crippen molar-refractivity contribution >= 4 is 5.97 Å². The minimum atomic E-state index is -0.129. The van der Waals surface area contributed by atoms with Crippen LogP contribution in [0.4, 0.5) is 0 Å². The third kappa shape index (κ3) is 4.67. The van der Waals surface area contributed by atoms with Crippen molar-refractivity contribution in [2.75, 3.05) is 59.5 Å². The van der Waals surface area contributed by atoms with Gasteiger partial charge in [-0.25, -0.2) is 0 Å². The Balaban J connectivity index is 0.916. The Labute approximate surface area is 217 Å². The van der Waals surface area contributed by atoms with Crippen LogP contribution in [0.2, 0.25) is 0 Å². The van der Waals surface area contributed by atoms with Crippen LogP contribution in [0.3, 0.4) is 0 Å². The standard InChI is InChI=1S/C30H47NO5/c32-27(30-15-22-7-23(16-30)9-24(8-22)17-30)36-20-29-13-25-10-26(14-29)12-28(11-25,18-29)19-35-21-34-6-3-31-1-4-33-5-2-31/h22-26H,1-21H2. The van der Waals surface area contributed by atoms with Crippen LogP contribution in [0.15, 0.2) is 0 Å². The third-order valence-corrected chi connectivity index (χ3v) is 11.5. The van der Waals surface area contributed by atoms with Crippen LogP contribution in [0.5, 0.6) is 0 Å². The molecule has 9 fully saturated rings. The lowest BCUT2D eigenvalue weighted by molar-refractivity contribution is -0.194. The number of ether oxygens (including phenoxy) is 4. The molecule has 2 atom stereocenters. The maximum absolute atomic E-state index is 13.6. The van der Waals surface area contributed by atoms with E-state index in [1.54, 1.807) is 0 Å². The van der Waals surface area contributed by atoms with Crippen LogP contribution < -0.4 is 0 Å². The van der Waals surface area contributed by atoms with E-state index in [0.717, 1.165) is 94.9 Å². The molecule has 202 valence electrons. The first-order chi connectivity index (χ1) is 17.5. The zero-order valence-corrected chi connectivity index (χ0v) is 22.2. The molecule has 36 heavy (non-hydrogen) atoms. The molecule has 1 aliphatic heterocycles. The highest BCUT2D eigenvalue weighted by molar-refractivity contribution is 5.77. The molecule has 2 unspecified atom stereocenters. The predicted octanol–water partition coefficient (Wildman–Crippen LogP) is 4.66. The second-order valence-electron chi connectivity index (χ2n) is 14.6. The van der Waals surface area contributed by atoms with Gasteiger partial charge in [-0.2, -0.15) is 0 Å². The van der Waals surface area contributed by atoms with E-state index >= 15 is 0 Å². The van der Waals surface area contributed by atoms with Gasteiger partial charge in [-0.3, -0.25) is 9.69 Å². The summed E-state index contributed by atoms with van der Waals surface area (Å²) in [6.07, 6.45) is 15.1. The zero-order chi connectivity index (χ0) is 24.2. The lowest BCUT2D eigenvalue weighted by Gasteiger charge is -2.62. The SMILES string of the molecule is O=C(OCC12CC3CC(CC(COCOCCN4CCOCC4)(C3)C1)C2)C12CC3CC(CC(C3)C1)C2. The molecule has 9 rings (SSSR count). The molecule has 0 aromatic heterocycles. The molecule has 1 saturated heterocycles. The normalized spacial score (nSPS) is 46.9. The number of esters is 1. The number of rotatable bonds is 10. The Morgan fingerprint density at radius 3 is 1.97 bits per heavy atom. The van der Waals surface area contributed by atoms with Crippen LogP contribution >= 0.6 is 0 Å². The third-order valence-electron chi connectivity index (χ3n) is 11.5. The second-order valence-corrected chi connectivity index (χ2v) is 14.6. The molecule has 0 aromatic rings. The van der Waals surface area contributed by atoms with Crippen molar-refractivity contribution in [2.24, 2.45) is 45.8 Å². The number of hydrogen-bond donors (Lipinski definition) is 0. The Morgan fingerprint density at radius 2 is 1.33 bits per heavy atom. The van der Waals surface area contributed by atoms with Crippen LogP contribution in [0, 0.1) is 45.8 Å². The van der Waals surface area contributed by atoms with E-state index in [4.69, 9.17) is 18.9 Å². The van der Waals surface area contributed by atoms with Gasteiger partial charge in [0.15, 0.2) is 0 Å². The van der Waals surface area contributed by atoms with Gasteiger partial charge in [-0.05, 0) is 112 Å². The molecule has 9 aliphatic rings. The van der Waals surface area contributed by atoms with Crippen molar-refractivity contribution in [1.29, 1.82) is 0 Å². The zero-order valence-electron chi connectivity index (χ0n) is 22.2. The first-order valence-electron chi connectivity index (χ1n) is 15.1. The Morgan fingerprint density at radius 1 is 0.750 bits per heavy atom. The Bertz CT molecular complexity index is 773. The lowest BCUT2D eigenvalue weighted by Crippen LogP contribution is -2.56. The smallest absolute Gasteiger partial charge is 0.312 e. The molecule has 0 aromatic carbocycles. The summed E-state index contributed by atoms with van der Waals surface area (Å²) in [5, 5.41) is 0. The fourth-order valence-electron chi connectivity index (χ4n) is 11.1. The Kier molecular flexibility index (Phi) is 6.43. The molecule has 6 nitrogen and oxygen atoms in total. The largest absolute Gasteiger partial charge is 0.465 e. The maximum Gasteiger partial charge on any atom is 0.312 e. The highest BCUT2D eigenvalue weighted by atomic mass is 16.7. The van der Waals surface area contributed by atoms with Gasteiger partial charge < -0.3 is 18.9 Å². The summed E-state index contributed by atoms with van der Waals surface area (Å²) >= 11 is 0. The molecule has 8 bridgehead atoms. The minimum Gasteiger partial charge on any atom is -0.465 e. The molecule has 8 saturated carbocycles. The number of carbonyl (C=O) groups excluding carboxylic acids is 1. The summed E-state index contributed by atoms with van der Waals surface area (Å²) in [7, 11) is 0. The summed E-state index contributed by atoms with van der Waals surface area (Å²) in [6.45, 7) is 7.23. The predicted molar refractivity (Wildman–Crippen MR) is 135 cm³/mol. The first-order valence-corrected chi connectivity index (χ1v) is 15.1. The second kappa shape index (κ2) is 9.50. The molecular weight excluding hydrogens is 454 g/mol. The van der Waals surface area contributed by atoms with Crippen molar-refractivity contribution < 1.29 is 23.7 Å². The molecule has 0 amide bonds. The highest BCUT2D eigenvalue weighted by Crippen LogP contribution is 2.66. The van der Waals surface area contributed by atoms with Crippen molar-refractivity contribution in [3.05, 3.63) is 0 Å². The molecule has 6 heteroatoms. The average Bonchev–Trinajstić information content (AvgIpc) is 2.84. The number of hydrogen-bond acceptors (Lipinski definition) is 6. The van der Waals surface area contributed by atoms with Crippen LogP contribution in [0.1, 0.15) is 77.0 Å². The monoisotopic (exact) mass is 501 g/mol. The van der Waals surface area contributed by atoms with E-state index in [9.17, 15) is 4.79 Å². The average molecular weight is 502 g/mol. The van der Waals surface area contributed by atoms with E-state index in [-0.39, 0.29) is 22.2 Å². The quantitative estimate of drug-likeness (QED) is 0.247. The van der Waals surface area contributed by atoms with Crippen LogP contribution in [-0.4, -0.2) is 70.3 Å². The van der Waals surface area contributed by atoms with Crippen molar-refractivity contribution in [1.82, 2.24) is 4.90 Å². The van der Waals surface area contributed by atoms with Gasteiger partial charge in [-0.15, -0.1) is 0 Å². The molecule has 8 aliphatic carbocycles. The van der Waals surface area contributed by atoms with Gasteiger partial charge in [0.25, 0.3) is 0 Å². The highest BCUT2D eigenvalue weighted by Gasteiger charge is 2.59. The van der Waals surface area contributed by atoms with E-state index < -0.39 is 0 Å². The lowest BCUT2D eigenvalue weighted by atomic mass is 9.44. The molecular formula is C30H47NO5. The Hall–Kier alpha value is -0.690. The van der Waals surface area contributed by atoms with Crippen molar-refractivity contribution in [3.8, 4) is 0 Å². The molecule has 0 radical (unpaired) electrons. The van der Waals surface area contributed by atoms with Crippen molar-refractivity contribution in [2.45, 2.75) is 77.0 Å². The van der Waals surface area contributed by atoms with Gasteiger partial charge in [0, 0.05) is 25.0 Å². The van der Waals surface area contributed by atoms with Gasteiger partial charge in [-0.1, -0.05) is 0 Å². The van der Waals surface area contributed by atoms with Crippen LogP contribution in [-0.2, 0) is 23.7 Å². The first kappa shape index (κ1) is 24.4. The minimum absolute atomic E-state index is 0.129.